The van der Waals surface area contributed by atoms with Crippen LogP contribution in [0.3, 0.4) is 0 Å². The van der Waals surface area contributed by atoms with Gasteiger partial charge in [0.1, 0.15) is 6.54 Å². The first kappa shape index (κ1) is 11.0. The first-order chi connectivity index (χ1) is 7.85. The topological polar surface area (TPSA) is 38.9 Å². The first-order valence-electron chi connectivity index (χ1n) is 5.30. The molecule has 0 saturated heterocycles. The van der Waals surface area contributed by atoms with Crippen LogP contribution in [0.2, 0.25) is 0 Å². The van der Waals surface area contributed by atoms with Crippen molar-refractivity contribution in [3.8, 4) is 17.1 Å². The van der Waals surface area contributed by atoms with Crippen molar-refractivity contribution in [3.63, 3.8) is 0 Å². The summed E-state index contributed by atoms with van der Waals surface area (Å²) in [6, 6.07) is 4.03. The summed E-state index contributed by atoms with van der Waals surface area (Å²) in [7, 11) is 0. The molecule has 0 N–H and O–H groups in total. The molecule has 0 spiro atoms. The monoisotopic (exact) mass is 236 g/mol. The van der Waals surface area contributed by atoms with Crippen LogP contribution in [0.1, 0.15) is 13.8 Å². The Morgan fingerprint density at radius 2 is 2.25 bits per heavy atom. The Balaban J connectivity index is 2.37. The van der Waals surface area contributed by atoms with Gasteiger partial charge in [-0.3, -0.25) is 0 Å². The van der Waals surface area contributed by atoms with Gasteiger partial charge in [-0.05, 0) is 19.9 Å². The summed E-state index contributed by atoms with van der Waals surface area (Å²) >= 11 is 1.18. The number of hydrogen-bond donors (Lipinski definition) is 0. The van der Waals surface area contributed by atoms with E-state index in [1.54, 1.807) is 0 Å². The van der Waals surface area contributed by atoms with Crippen LogP contribution in [0.15, 0.2) is 24.5 Å². The molecule has 0 saturated carbocycles. The summed E-state index contributed by atoms with van der Waals surface area (Å²) < 4.78 is 15.9. The van der Waals surface area contributed by atoms with E-state index in [4.69, 9.17) is 4.74 Å². The summed E-state index contributed by atoms with van der Waals surface area (Å²) in [5, 5.41) is 0. The van der Waals surface area contributed by atoms with Gasteiger partial charge in [0.05, 0.1) is 23.9 Å². The Morgan fingerprint density at radius 1 is 1.38 bits per heavy atom. The van der Waals surface area contributed by atoms with Crippen LogP contribution >= 0.6 is 11.7 Å². The van der Waals surface area contributed by atoms with Crippen LogP contribution in [-0.4, -0.2) is 15.4 Å². The normalized spacial score (nSPS) is 10.4. The Bertz CT molecular complexity index is 470. The van der Waals surface area contributed by atoms with Crippen LogP contribution in [0.25, 0.3) is 11.3 Å². The summed E-state index contributed by atoms with van der Waals surface area (Å²) in [6.07, 6.45) is 4.09. The van der Waals surface area contributed by atoms with Gasteiger partial charge >= 0.3 is 0 Å². The molecule has 0 aliphatic rings. The molecule has 0 fully saturated rings. The first-order valence-corrected chi connectivity index (χ1v) is 6.03. The van der Waals surface area contributed by atoms with E-state index in [0.29, 0.717) is 12.5 Å². The lowest BCUT2D eigenvalue weighted by Crippen LogP contribution is -2.30. The van der Waals surface area contributed by atoms with Gasteiger partial charge < -0.3 is 4.74 Å². The Labute approximate surface area is 98.9 Å². The van der Waals surface area contributed by atoms with E-state index < -0.39 is 0 Å². The van der Waals surface area contributed by atoms with E-state index in [1.165, 1.54) is 11.7 Å². The minimum atomic E-state index is 0.610. The van der Waals surface area contributed by atoms with Crippen LogP contribution < -0.4 is 9.30 Å². The Hall–Kier alpha value is -1.49. The van der Waals surface area contributed by atoms with Crippen molar-refractivity contribution < 1.29 is 9.30 Å². The number of rotatable bonds is 4. The van der Waals surface area contributed by atoms with Crippen LogP contribution in [-0.2, 0) is 6.54 Å². The fourth-order valence-electron chi connectivity index (χ4n) is 1.45. The highest BCUT2D eigenvalue weighted by molar-refractivity contribution is 6.99. The molecule has 5 heteroatoms. The highest BCUT2D eigenvalue weighted by Gasteiger charge is 2.14. The van der Waals surface area contributed by atoms with Gasteiger partial charge in [0.15, 0.2) is 18.1 Å². The van der Waals surface area contributed by atoms with Crippen molar-refractivity contribution in [1.29, 1.82) is 0 Å². The average Bonchev–Trinajstić information content (AvgIpc) is 2.78. The van der Waals surface area contributed by atoms with Crippen molar-refractivity contribution in [1.82, 2.24) is 8.75 Å². The maximum atomic E-state index is 5.43. The number of pyridine rings is 1. The minimum absolute atomic E-state index is 0.610. The maximum Gasteiger partial charge on any atom is 0.254 e. The van der Waals surface area contributed by atoms with Crippen molar-refractivity contribution in [3.05, 3.63) is 24.5 Å². The maximum absolute atomic E-state index is 5.43. The molecule has 0 aliphatic carbocycles. The lowest BCUT2D eigenvalue weighted by Gasteiger charge is -2.00. The summed E-state index contributed by atoms with van der Waals surface area (Å²) in [5.41, 5.74) is 1.87. The summed E-state index contributed by atoms with van der Waals surface area (Å²) in [5.74, 6) is 0.626. The largest absolute Gasteiger partial charge is 0.476 e. The number of aromatic nitrogens is 3. The standard InChI is InChI=1S/C11H14N3OS/c1-3-14-7-5-6-9(8-14)10-11(15-4-2)13-16-12-10/h5-8H,3-4H2,1-2H3/q+1. The Morgan fingerprint density at radius 3 is 3.00 bits per heavy atom. The number of nitrogens with zero attached hydrogens (tertiary/aromatic N) is 3. The molecular formula is C11H14N3OS+. The predicted molar refractivity (Wildman–Crippen MR) is 62.4 cm³/mol. The molecule has 84 valence electrons. The van der Waals surface area contributed by atoms with E-state index in [2.05, 4.69) is 26.4 Å². The average molecular weight is 236 g/mol. The molecule has 0 amide bonds. The van der Waals surface area contributed by atoms with Gasteiger partial charge in [0.25, 0.3) is 5.88 Å². The minimum Gasteiger partial charge on any atom is -0.476 e. The van der Waals surface area contributed by atoms with Crippen molar-refractivity contribution in [2.75, 3.05) is 6.61 Å². The van der Waals surface area contributed by atoms with Crippen molar-refractivity contribution >= 4 is 11.7 Å². The zero-order valence-electron chi connectivity index (χ0n) is 9.38. The molecule has 0 atom stereocenters. The van der Waals surface area contributed by atoms with E-state index >= 15 is 0 Å². The van der Waals surface area contributed by atoms with Gasteiger partial charge in [-0.25, -0.2) is 4.57 Å². The summed E-state index contributed by atoms with van der Waals surface area (Å²) in [4.78, 5) is 0. The highest BCUT2D eigenvalue weighted by atomic mass is 32.1. The van der Waals surface area contributed by atoms with E-state index in [0.717, 1.165) is 17.8 Å². The van der Waals surface area contributed by atoms with Gasteiger partial charge in [-0.15, -0.1) is 4.37 Å². The lowest BCUT2D eigenvalue weighted by atomic mass is 10.2. The van der Waals surface area contributed by atoms with E-state index in [9.17, 15) is 0 Å². The molecule has 2 aromatic rings. The predicted octanol–water partition coefficient (Wildman–Crippen LogP) is 1.91. The van der Waals surface area contributed by atoms with Crippen LogP contribution in [0, 0.1) is 0 Å². The van der Waals surface area contributed by atoms with Crippen molar-refractivity contribution in [2.45, 2.75) is 20.4 Å². The molecule has 0 radical (unpaired) electrons. The zero-order chi connectivity index (χ0) is 11.4. The lowest BCUT2D eigenvalue weighted by molar-refractivity contribution is -0.693. The van der Waals surface area contributed by atoms with Crippen LogP contribution in [0.5, 0.6) is 5.88 Å². The smallest absolute Gasteiger partial charge is 0.254 e. The van der Waals surface area contributed by atoms with Gasteiger partial charge in [0.2, 0.25) is 0 Å². The molecule has 2 heterocycles. The molecule has 0 aromatic carbocycles. The highest BCUT2D eigenvalue weighted by Crippen LogP contribution is 2.26. The molecule has 0 bridgehead atoms. The molecule has 16 heavy (non-hydrogen) atoms. The fourth-order valence-corrected chi connectivity index (χ4v) is 1.97. The molecule has 2 aromatic heterocycles. The zero-order valence-corrected chi connectivity index (χ0v) is 10.2. The third kappa shape index (κ3) is 2.19. The van der Waals surface area contributed by atoms with E-state index in [-0.39, 0.29) is 0 Å². The second-order valence-electron chi connectivity index (χ2n) is 3.27. The van der Waals surface area contributed by atoms with E-state index in [1.807, 2.05) is 25.3 Å². The molecule has 2 rings (SSSR count). The summed E-state index contributed by atoms with van der Waals surface area (Å²) in [6.45, 7) is 5.60. The molecule has 0 aliphatic heterocycles. The number of aryl methyl sites for hydroxylation is 1. The van der Waals surface area contributed by atoms with Crippen LogP contribution in [0.4, 0.5) is 0 Å². The van der Waals surface area contributed by atoms with Crippen molar-refractivity contribution in [2.24, 2.45) is 0 Å². The third-order valence-corrected chi connectivity index (χ3v) is 2.75. The second-order valence-corrected chi connectivity index (χ2v) is 3.80. The van der Waals surface area contributed by atoms with Gasteiger partial charge in [-0.1, -0.05) is 0 Å². The quantitative estimate of drug-likeness (QED) is 0.761. The SMILES string of the molecule is CCOc1nsnc1-c1ccc[n+](CC)c1. The molecular weight excluding hydrogens is 222 g/mol. The Kier molecular flexibility index (Phi) is 3.46. The van der Waals surface area contributed by atoms with Gasteiger partial charge in [-0.2, -0.15) is 4.37 Å². The third-order valence-electron chi connectivity index (χ3n) is 2.24. The molecule has 0 unspecified atom stereocenters. The number of ether oxygens (including phenoxy) is 1. The second kappa shape index (κ2) is 5.03. The number of hydrogen-bond acceptors (Lipinski definition) is 4. The fraction of sp³-hybridized carbons (Fsp3) is 0.364. The van der Waals surface area contributed by atoms with Gasteiger partial charge in [0, 0.05) is 6.07 Å². The molecule has 4 nitrogen and oxygen atoms in total.